The van der Waals surface area contributed by atoms with Gasteiger partial charge >= 0.3 is 0 Å². The number of hydrogen-bond donors (Lipinski definition) is 2. The summed E-state index contributed by atoms with van der Waals surface area (Å²) in [5.74, 6) is 4.87. The number of pyridine rings is 1. The zero-order valence-corrected chi connectivity index (χ0v) is 17.1. The van der Waals surface area contributed by atoms with E-state index in [1.165, 1.54) is 0 Å². The number of fused-ring (bicyclic) bond motifs is 3. The lowest BCUT2D eigenvalue weighted by molar-refractivity contribution is 0.131. The van der Waals surface area contributed by atoms with Gasteiger partial charge in [-0.3, -0.25) is 4.21 Å². The molecule has 2 aromatic heterocycles. The van der Waals surface area contributed by atoms with Crippen molar-refractivity contribution in [2.45, 2.75) is 13.0 Å². The van der Waals surface area contributed by atoms with Gasteiger partial charge < -0.3 is 19.8 Å². The SMILES string of the molecule is C=S(C)(=O)NCCOCCn1c(CCOC)nc2c(N)nc3ccccc3c21. The molecule has 0 saturated heterocycles. The molecule has 1 atom stereocenters. The maximum absolute atomic E-state index is 11.5. The van der Waals surface area contributed by atoms with Crippen LogP contribution in [0.2, 0.25) is 0 Å². The lowest BCUT2D eigenvalue weighted by Gasteiger charge is -2.12. The number of nitrogen functional groups attached to an aromatic ring is 1. The number of nitrogens with two attached hydrogens (primary N) is 1. The zero-order valence-electron chi connectivity index (χ0n) is 16.3. The summed E-state index contributed by atoms with van der Waals surface area (Å²) in [6.45, 7) is 2.61. The van der Waals surface area contributed by atoms with Crippen molar-refractivity contribution in [2.24, 2.45) is 0 Å². The Hall–Kier alpha value is -2.20. The largest absolute Gasteiger partial charge is 0.384 e. The maximum Gasteiger partial charge on any atom is 0.152 e. The first-order valence-corrected chi connectivity index (χ1v) is 11.2. The van der Waals surface area contributed by atoms with Gasteiger partial charge in [0, 0.05) is 48.0 Å². The maximum atomic E-state index is 11.5. The van der Waals surface area contributed by atoms with E-state index in [0.29, 0.717) is 50.7 Å². The molecule has 152 valence electrons. The Morgan fingerprint density at radius 2 is 2.04 bits per heavy atom. The first-order chi connectivity index (χ1) is 13.4. The number of aromatic nitrogens is 3. The summed E-state index contributed by atoms with van der Waals surface area (Å²) in [5.41, 5.74) is 8.68. The van der Waals surface area contributed by atoms with Gasteiger partial charge in [-0.15, -0.1) is 0 Å². The van der Waals surface area contributed by atoms with Gasteiger partial charge in [-0.1, -0.05) is 18.2 Å². The number of methoxy groups -OCH3 is 1. The van der Waals surface area contributed by atoms with E-state index in [1.54, 1.807) is 13.4 Å². The molecule has 2 heterocycles. The number of hydrogen-bond acceptors (Lipinski definition) is 6. The first-order valence-electron chi connectivity index (χ1n) is 9.07. The molecule has 3 rings (SSSR count). The first kappa shape index (κ1) is 20.5. The van der Waals surface area contributed by atoms with Crippen LogP contribution in [0.4, 0.5) is 5.82 Å². The average molecular weight is 406 g/mol. The van der Waals surface area contributed by atoms with Crippen LogP contribution in [-0.2, 0) is 32.1 Å². The second-order valence-electron chi connectivity index (χ2n) is 6.65. The number of imidazole rings is 1. The number of rotatable bonds is 10. The molecule has 1 aromatic carbocycles. The highest BCUT2D eigenvalue weighted by molar-refractivity contribution is 7.97. The summed E-state index contributed by atoms with van der Waals surface area (Å²) in [5, 5.41) is 1.01. The molecule has 0 aliphatic rings. The normalized spacial score (nSPS) is 13.9. The van der Waals surface area contributed by atoms with Crippen LogP contribution in [0.5, 0.6) is 0 Å². The third kappa shape index (κ3) is 4.79. The second kappa shape index (κ2) is 8.87. The van der Waals surface area contributed by atoms with Crippen molar-refractivity contribution >= 4 is 43.3 Å². The molecule has 3 aromatic rings. The number of nitrogens with one attached hydrogen (secondary N) is 1. The zero-order chi connectivity index (χ0) is 20.1. The standard InChI is InChI=1S/C19H27N5O3S/c1-26-11-8-16-23-17-18(14-6-4-5-7-15(14)22-19(17)20)24(16)10-13-27-12-9-21-28(2,3)25/h4-7H,2,8-13H2,1,3H3,(H2,20,22)(H,21,25). The summed E-state index contributed by atoms with van der Waals surface area (Å²) < 4.78 is 27.5. The van der Waals surface area contributed by atoms with E-state index < -0.39 is 9.71 Å². The molecule has 9 heteroatoms. The molecule has 0 aliphatic carbocycles. The number of benzene rings is 1. The number of ether oxygens (including phenoxy) is 2. The number of para-hydroxylation sites is 1. The molecule has 28 heavy (non-hydrogen) atoms. The minimum Gasteiger partial charge on any atom is -0.384 e. The van der Waals surface area contributed by atoms with Crippen LogP contribution in [-0.4, -0.2) is 64.3 Å². The summed E-state index contributed by atoms with van der Waals surface area (Å²) in [6, 6.07) is 7.90. The Morgan fingerprint density at radius 1 is 1.25 bits per heavy atom. The molecule has 8 nitrogen and oxygen atoms in total. The number of nitrogens with zero attached hydrogens (tertiary/aromatic N) is 3. The van der Waals surface area contributed by atoms with Crippen molar-refractivity contribution in [1.29, 1.82) is 0 Å². The van der Waals surface area contributed by atoms with E-state index in [4.69, 9.17) is 20.2 Å². The van der Waals surface area contributed by atoms with Crippen LogP contribution in [0.3, 0.4) is 0 Å². The van der Waals surface area contributed by atoms with E-state index in [1.807, 2.05) is 24.3 Å². The van der Waals surface area contributed by atoms with Crippen LogP contribution in [0.15, 0.2) is 24.3 Å². The molecule has 0 saturated carbocycles. The van der Waals surface area contributed by atoms with Gasteiger partial charge in [0.25, 0.3) is 0 Å². The molecule has 0 radical (unpaired) electrons. The monoisotopic (exact) mass is 405 g/mol. The smallest absolute Gasteiger partial charge is 0.152 e. The highest BCUT2D eigenvalue weighted by Gasteiger charge is 2.17. The molecule has 0 fully saturated rings. The molecule has 0 bridgehead atoms. The van der Waals surface area contributed by atoms with Gasteiger partial charge in [-0.05, 0) is 11.9 Å². The Bertz CT molecular complexity index is 1060. The van der Waals surface area contributed by atoms with Crippen molar-refractivity contribution in [1.82, 2.24) is 19.3 Å². The van der Waals surface area contributed by atoms with Crippen molar-refractivity contribution in [3.8, 4) is 0 Å². The van der Waals surface area contributed by atoms with E-state index in [-0.39, 0.29) is 0 Å². The van der Waals surface area contributed by atoms with Crippen molar-refractivity contribution in [3.63, 3.8) is 0 Å². The predicted octanol–water partition coefficient (Wildman–Crippen LogP) is 1.22. The fourth-order valence-corrected chi connectivity index (χ4v) is 3.63. The average Bonchev–Trinajstić information content (AvgIpc) is 3.01. The minimum atomic E-state index is -2.21. The quantitative estimate of drug-likeness (QED) is 0.388. The van der Waals surface area contributed by atoms with Gasteiger partial charge in [-0.2, -0.15) is 0 Å². The van der Waals surface area contributed by atoms with Gasteiger partial charge in [0.2, 0.25) is 0 Å². The van der Waals surface area contributed by atoms with Crippen LogP contribution in [0.25, 0.3) is 21.9 Å². The van der Waals surface area contributed by atoms with Crippen molar-refractivity contribution in [3.05, 3.63) is 30.1 Å². The Balaban J connectivity index is 1.86. The summed E-state index contributed by atoms with van der Waals surface area (Å²) in [7, 11) is -0.540. The molecular weight excluding hydrogens is 378 g/mol. The highest BCUT2D eigenvalue weighted by Crippen LogP contribution is 2.28. The van der Waals surface area contributed by atoms with E-state index in [9.17, 15) is 4.21 Å². The second-order valence-corrected chi connectivity index (χ2v) is 8.94. The lowest BCUT2D eigenvalue weighted by atomic mass is 10.2. The fraction of sp³-hybridized carbons (Fsp3) is 0.421. The molecule has 0 spiro atoms. The Morgan fingerprint density at radius 3 is 2.79 bits per heavy atom. The van der Waals surface area contributed by atoms with Gasteiger partial charge in [0.15, 0.2) is 5.82 Å². The van der Waals surface area contributed by atoms with E-state index in [2.05, 4.69) is 20.1 Å². The van der Waals surface area contributed by atoms with Gasteiger partial charge in [-0.25, -0.2) is 14.7 Å². The number of anilines is 1. The van der Waals surface area contributed by atoms with Crippen LogP contribution in [0, 0.1) is 0 Å². The van der Waals surface area contributed by atoms with Crippen LogP contribution in [0.1, 0.15) is 5.82 Å². The Kier molecular flexibility index (Phi) is 6.50. The summed E-state index contributed by atoms with van der Waals surface area (Å²) >= 11 is 0. The van der Waals surface area contributed by atoms with Gasteiger partial charge in [0.1, 0.15) is 11.3 Å². The highest BCUT2D eigenvalue weighted by atomic mass is 32.2. The molecule has 1 unspecified atom stereocenters. The molecular formula is C19H27N5O3S. The van der Waals surface area contributed by atoms with E-state index in [0.717, 1.165) is 22.2 Å². The Labute approximate surface area is 165 Å². The predicted molar refractivity (Wildman–Crippen MR) is 115 cm³/mol. The van der Waals surface area contributed by atoms with Crippen LogP contribution < -0.4 is 10.5 Å². The van der Waals surface area contributed by atoms with Crippen molar-refractivity contribution in [2.75, 3.05) is 45.5 Å². The molecule has 3 N–H and O–H groups in total. The van der Waals surface area contributed by atoms with E-state index >= 15 is 0 Å². The minimum absolute atomic E-state index is 0.421. The lowest BCUT2D eigenvalue weighted by Crippen LogP contribution is -2.26. The van der Waals surface area contributed by atoms with Crippen LogP contribution >= 0.6 is 0 Å². The van der Waals surface area contributed by atoms with Gasteiger partial charge in [0.05, 0.1) is 30.9 Å². The molecule has 0 amide bonds. The van der Waals surface area contributed by atoms with Crippen molar-refractivity contribution < 1.29 is 13.7 Å². The third-order valence-electron chi connectivity index (χ3n) is 4.33. The summed E-state index contributed by atoms with van der Waals surface area (Å²) in [6.07, 6.45) is 2.23. The molecule has 0 aliphatic heterocycles. The topological polar surface area (TPSA) is 104 Å². The third-order valence-corrected chi connectivity index (χ3v) is 5.15. The summed E-state index contributed by atoms with van der Waals surface area (Å²) in [4.78, 5) is 9.21. The fourth-order valence-electron chi connectivity index (χ4n) is 3.12.